The van der Waals surface area contributed by atoms with Gasteiger partial charge in [0.1, 0.15) is 5.69 Å². The number of hydrogen-bond acceptors (Lipinski definition) is 6. The van der Waals surface area contributed by atoms with Gasteiger partial charge in [0, 0.05) is 24.7 Å². The molecule has 1 heterocycles. The summed E-state index contributed by atoms with van der Waals surface area (Å²) < 4.78 is 5.36. The van der Waals surface area contributed by atoms with Gasteiger partial charge in [-0.15, -0.1) is 17.0 Å². The molecular weight excluding hydrogens is 276 g/mol. The predicted molar refractivity (Wildman–Crippen MR) is 81.5 cm³/mol. The zero-order valence-corrected chi connectivity index (χ0v) is 12.8. The second-order valence-corrected chi connectivity index (χ2v) is 5.65. The van der Waals surface area contributed by atoms with Crippen molar-refractivity contribution >= 4 is 23.1 Å². The Hall–Kier alpha value is -0.950. The van der Waals surface area contributed by atoms with Gasteiger partial charge in [0.25, 0.3) is 0 Å². The van der Waals surface area contributed by atoms with Gasteiger partial charge in [-0.05, 0) is 43.2 Å². The number of benzene rings is 1. The number of rotatable bonds is 6. The van der Waals surface area contributed by atoms with Crippen molar-refractivity contribution in [3.63, 3.8) is 0 Å². The lowest BCUT2D eigenvalue weighted by Gasteiger charge is -2.24. The average molecular weight is 298 g/mol. The highest BCUT2D eigenvalue weighted by molar-refractivity contribution is 7.98. The van der Waals surface area contributed by atoms with Crippen LogP contribution in [-0.2, 0) is 9.57 Å². The van der Waals surface area contributed by atoms with Crippen molar-refractivity contribution in [3.05, 3.63) is 18.2 Å². The zero-order chi connectivity index (χ0) is 14.4. The van der Waals surface area contributed by atoms with Gasteiger partial charge < -0.3 is 10.1 Å². The molecule has 0 spiro atoms. The minimum atomic E-state index is 0.617. The van der Waals surface area contributed by atoms with Crippen LogP contribution in [0.25, 0.3) is 0 Å². The summed E-state index contributed by atoms with van der Waals surface area (Å²) in [5, 5.41) is 14.0. The SMILES string of the molecule is CON(O)c1cc(SC)ccc1NCC1CCOCC1. The van der Waals surface area contributed by atoms with Crippen molar-refractivity contribution in [1.29, 1.82) is 0 Å². The Morgan fingerprint density at radius 2 is 2.20 bits per heavy atom. The third-order valence-electron chi connectivity index (χ3n) is 3.51. The molecule has 0 radical (unpaired) electrons. The maximum Gasteiger partial charge on any atom is 0.119 e. The first kappa shape index (κ1) is 15.4. The molecule has 0 aliphatic carbocycles. The lowest BCUT2D eigenvalue weighted by atomic mass is 10.0. The van der Waals surface area contributed by atoms with Gasteiger partial charge in [-0.25, -0.2) is 0 Å². The number of thioether (sulfide) groups is 1. The summed E-state index contributed by atoms with van der Waals surface area (Å²) in [4.78, 5) is 5.96. The molecule has 0 unspecified atom stereocenters. The van der Waals surface area contributed by atoms with Crippen molar-refractivity contribution < 1.29 is 14.8 Å². The van der Waals surface area contributed by atoms with Gasteiger partial charge in [-0.2, -0.15) is 0 Å². The third kappa shape index (κ3) is 4.02. The summed E-state index contributed by atoms with van der Waals surface area (Å²) in [5.41, 5.74) is 1.50. The van der Waals surface area contributed by atoms with Gasteiger partial charge in [0.15, 0.2) is 0 Å². The second kappa shape index (κ2) is 7.73. The summed E-state index contributed by atoms with van der Waals surface area (Å²) in [5.74, 6) is 0.617. The second-order valence-electron chi connectivity index (χ2n) is 4.78. The van der Waals surface area contributed by atoms with Crippen LogP contribution in [-0.4, -0.2) is 38.3 Å². The Kier molecular flexibility index (Phi) is 5.97. The molecule has 0 amide bonds. The first-order chi connectivity index (χ1) is 9.74. The Morgan fingerprint density at radius 1 is 1.45 bits per heavy atom. The summed E-state index contributed by atoms with van der Waals surface area (Å²) in [6.07, 6.45) is 4.17. The predicted octanol–water partition coefficient (Wildman–Crippen LogP) is 3.00. The fourth-order valence-corrected chi connectivity index (χ4v) is 2.68. The fourth-order valence-electron chi connectivity index (χ4n) is 2.25. The van der Waals surface area contributed by atoms with Crippen LogP contribution >= 0.6 is 11.8 Å². The highest BCUT2D eigenvalue weighted by Gasteiger charge is 2.15. The maximum absolute atomic E-state index is 9.81. The van der Waals surface area contributed by atoms with Crippen LogP contribution in [0.15, 0.2) is 23.1 Å². The average Bonchev–Trinajstić information content (AvgIpc) is 2.53. The fraction of sp³-hybridized carbons (Fsp3) is 0.571. The first-order valence-electron chi connectivity index (χ1n) is 6.77. The van der Waals surface area contributed by atoms with Crippen molar-refractivity contribution in [2.45, 2.75) is 17.7 Å². The largest absolute Gasteiger partial charge is 0.383 e. The van der Waals surface area contributed by atoms with Crippen LogP contribution in [0.4, 0.5) is 11.4 Å². The van der Waals surface area contributed by atoms with Gasteiger partial charge in [-0.1, -0.05) is 0 Å². The zero-order valence-electron chi connectivity index (χ0n) is 12.0. The number of anilines is 2. The van der Waals surface area contributed by atoms with E-state index in [4.69, 9.17) is 9.57 Å². The molecule has 1 fully saturated rings. The molecule has 1 aromatic carbocycles. The molecule has 2 N–H and O–H groups in total. The molecule has 20 heavy (non-hydrogen) atoms. The lowest BCUT2D eigenvalue weighted by molar-refractivity contribution is -0.0107. The van der Waals surface area contributed by atoms with E-state index in [1.807, 2.05) is 24.5 Å². The maximum atomic E-state index is 9.81. The number of ether oxygens (including phenoxy) is 1. The molecule has 1 saturated heterocycles. The molecule has 0 atom stereocenters. The summed E-state index contributed by atoms with van der Waals surface area (Å²) >= 11 is 1.63. The molecule has 0 saturated carbocycles. The molecule has 0 aromatic heterocycles. The van der Waals surface area contributed by atoms with E-state index in [2.05, 4.69) is 5.32 Å². The smallest absolute Gasteiger partial charge is 0.119 e. The molecule has 1 aliphatic heterocycles. The number of nitrogens with zero attached hydrogens (tertiary/aromatic N) is 1. The highest BCUT2D eigenvalue weighted by atomic mass is 32.2. The van der Waals surface area contributed by atoms with E-state index < -0.39 is 0 Å². The van der Waals surface area contributed by atoms with Gasteiger partial charge >= 0.3 is 0 Å². The van der Waals surface area contributed by atoms with Crippen LogP contribution in [0.5, 0.6) is 0 Å². The van der Waals surface area contributed by atoms with E-state index in [0.717, 1.165) is 48.4 Å². The molecule has 2 rings (SSSR count). The van der Waals surface area contributed by atoms with Crippen LogP contribution in [0.3, 0.4) is 0 Å². The minimum Gasteiger partial charge on any atom is -0.383 e. The van der Waals surface area contributed by atoms with E-state index in [-0.39, 0.29) is 0 Å². The van der Waals surface area contributed by atoms with Crippen molar-refractivity contribution in [3.8, 4) is 0 Å². The van der Waals surface area contributed by atoms with Gasteiger partial charge in [-0.3, -0.25) is 10.0 Å². The molecule has 0 bridgehead atoms. The minimum absolute atomic E-state index is 0.617. The van der Waals surface area contributed by atoms with Gasteiger partial charge in [0.2, 0.25) is 0 Å². The van der Waals surface area contributed by atoms with Crippen molar-refractivity contribution in [2.75, 3.05) is 43.7 Å². The van der Waals surface area contributed by atoms with E-state index in [1.165, 1.54) is 7.11 Å². The number of nitrogens with one attached hydrogen (secondary N) is 1. The van der Waals surface area contributed by atoms with Gasteiger partial charge in [0.05, 0.1) is 12.8 Å². The van der Waals surface area contributed by atoms with E-state index in [0.29, 0.717) is 11.6 Å². The van der Waals surface area contributed by atoms with Crippen molar-refractivity contribution in [2.24, 2.45) is 5.92 Å². The summed E-state index contributed by atoms with van der Waals surface area (Å²) in [6, 6.07) is 5.91. The molecule has 112 valence electrons. The van der Waals surface area contributed by atoms with E-state index in [9.17, 15) is 5.21 Å². The molecular formula is C14H22N2O3S. The monoisotopic (exact) mass is 298 g/mol. The Morgan fingerprint density at radius 3 is 2.85 bits per heavy atom. The number of hydrogen-bond donors (Lipinski definition) is 2. The quantitative estimate of drug-likeness (QED) is 0.622. The van der Waals surface area contributed by atoms with Crippen molar-refractivity contribution in [1.82, 2.24) is 0 Å². The Balaban J connectivity index is 2.05. The standard InChI is InChI=1S/C14H22N2O3S/c1-18-16(17)14-9-12(20-2)3-4-13(14)15-10-11-5-7-19-8-6-11/h3-4,9,11,15,17H,5-8,10H2,1-2H3. The van der Waals surface area contributed by atoms with E-state index in [1.54, 1.807) is 11.8 Å². The summed E-state index contributed by atoms with van der Waals surface area (Å²) in [6.45, 7) is 2.57. The van der Waals surface area contributed by atoms with Crippen LogP contribution in [0.2, 0.25) is 0 Å². The van der Waals surface area contributed by atoms with E-state index >= 15 is 0 Å². The topological polar surface area (TPSA) is 54.0 Å². The lowest BCUT2D eigenvalue weighted by Crippen LogP contribution is -2.24. The van der Waals surface area contributed by atoms with Crippen LogP contribution < -0.4 is 10.5 Å². The molecule has 5 nitrogen and oxygen atoms in total. The normalized spacial score (nSPS) is 16.1. The summed E-state index contributed by atoms with van der Waals surface area (Å²) in [7, 11) is 1.44. The van der Waals surface area contributed by atoms with Crippen LogP contribution in [0.1, 0.15) is 12.8 Å². The molecule has 6 heteroatoms. The highest BCUT2D eigenvalue weighted by Crippen LogP contribution is 2.30. The Labute approximate surface area is 124 Å². The molecule has 1 aliphatic rings. The Bertz CT molecular complexity index is 425. The van der Waals surface area contributed by atoms with Crippen LogP contribution in [0, 0.1) is 5.92 Å². The molecule has 1 aromatic rings. The first-order valence-corrected chi connectivity index (χ1v) is 8.00. The third-order valence-corrected chi connectivity index (χ3v) is 4.23.